The second-order valence-electron chi connectivity index (χ2n) is 6.16. The van der Waals surface area contributed by atoms with Crippen LogP contribution in [0.2, 0.25) is 5.02 Å². The van der Waals surface area contributed by atoms with Gasteiger partial charge < -0.3 is 14.7 Å². The molecule has 0 saturated heterocycles. The molecule has 0 radical (unpaired) electrons. The number of hydrogen-bond donors (Lipinski definition) is 1. The molecule has 0 aliphatic carbocycles. The Morgan fingerprint density at radius 1 is 1.39 bits per heavy atom. The lowest BCUT2D eigenvalue weighted by Crippen LogP contribution is -2.39. The van der Waals surface area contributed by atoms with Crippen LogP contribution in [0.1, 0.15) is 18.6 Å². The number of nitrogens with one attached hydrogen (secondary N) is 1. The van der Waals surface area contributed by atoms with Crippen LogP contribution in [0, 0.1) is 0 Å². The minimum atomic E-state index is 0.517. The van der Waals surface area contributed by atoms with Crippen LogP contribution in [-0.2, 0) is 20.0 Å². The highest BCUT2D eigenvalue weighted by Gasteiger charge is 2.11. The maximum atomic E-state index is 6.01. The van der Waals surface area contributed by atoms with E-state index in [2.05, 4.69) is 30.5 Å². The Bertz CT molecular complexity index is 935. The van der Waals surface area contributed by atoms with Crippen molar-refractivity contribution in [3.05, 3.63) is 47.3 Å². The van der Waals surface area contributed by atoms with Crippen molar-refractivity contribution in [3.8, 4) is 11.4 Å². The monoisotopic (exact) mass is 402 g/mol. The Hall–Kier alpha value is -2.94. The smallest absolute Gasteiger partial charge is 0.228 e. The molecule has 9 nitrogen and oxygen atoms in total. The highest BCUT2D eigenvalue weighted by atomic mass is 35.5. The fourth-order valence-corrected chi connectivity index (χ4v) is 2.77. The zero-order valence-electron chi connectivity index (χ0n) is 16.1. The first-order valence-electron chi connectivity index (χ1n) is 8.97. The molecule has 0 aliphatic rings. The summed E-state index contributed by atoms with van der Waals surface area (Å²) in [6.45, 7) is 3.91. The lowest BCUT2D eigenvalue weighted by Gasteiger charge is -2.21. The minimum Gasteiger partial charge on any atom is -0.357 e. The molecule has 1 N–H and O–H groups in total. The van der Waals surface area contributed by atoms with Gasteiger partial charge in [0.05, 0.1) is 13.1 Å². The third-order valence-electron chi connectivity index (χ3n) is 4.02. The first kappa shape index (κ1) is 19.8. The molecule has 3 rings (SSSR count). The molecule has 0 saturated carbocycles. The SMILES string of the molecule is CCNC(=NCCc1nc(-c2cccc(Cl)c2)no1)N(C)Cc1ncnn1C. The van der Waals surface area contributed by atoms with Crippen LogP contribution in [0.15, 0.2) is 40.1 Å². The molecule has 28 heavy (non-hydrogen) atoms. The summed E-state index contributed by atoms with van der Waals surface area (Å²) in [5.41, 5.74) is 0.822. The van der Waals surface area contributed by atoms with Crippen LogP contribution in [-0.4, -0.2) is 55.9 Å². The summed E-state index contributed by atoms with van der Waals surface area (Å²) in [7, 11) is 3.83. The van der Waals surface area contributed by atoms with Crippen molar-refractivity contribution in [1.29, 1.82) is 0 Å². The normalized spacial score (nSPS) is 11.6. The van der Waals surface area contributed by atoms with Gasteiger partial charge in [0.1, 0.15) is 12.2 Å². The van der Waals surface area contributed by atoms with Gasteiger partial charge in [0.2, 0.25) is 11.7 Å². The fraction of sp³-hybridized carbons (Fsp3) is 0.389. The van der Waals surface area contributed by atoms with Gasteiger partial charge in [-0.05, 0) is 19.1 Å². The van der Waals surface area contributed by atoms with Crippen molar-refractivity contribution in [1.82, 2.24) is 35.1 Å². The van der Waals surface area contributed by atoms with Crippen molar-refractivity contribution in [3.63, 3.8) is 0 Å². The van der Waals surface area contributed by atoms with E-state index in [1.165, 1.54) is 0 Å². The third kappa shape index (κ3) is 5.07. The summed E-state index contributed by atoms with van der Waals surface area (Å²) in [5, 5.41) is 12.0. The Labute approximate surface area is 168 Å². The third-order valence-corrected chi connectivity index (χ3v) is 4.25. The predicted octanol–water partition coefficient (Wildman–Crippen LogP) is 2.16. The molecular weight excluding hydrogens is 380 g/mol. The van der Waals surface area contributed by atoms with E-state index in [4.69, 9.17) is 16.1 Å². The van der Waals surface area contributed by atoms with E-state index in [9.17, 15) is 0 Å². The van der Waals surface area contributed by atoms with Crippen molar-refractivity contribution >= 4 is 17.6 Å². The van der Waals surface area contributed by atoms with Crippen molar-refractivity contribution in [2.75, 3.05) is 20.1 Å². The highest BCUT2D eigenvalue weighted by Crippen LogP contribution is 2.20. The Morgan fingerprint density at radius 3 is 2.96 bits per heavy atom. The number of rotatable bonds is 7. The van der Waals surface area contributed by atoms with Crippen LogP contribution >= 0.6 is 11.6 Å². The molecule has 1 aromatic carbocycles. The molecule has 2 aromatic heterocycles. The molecule has 3 aromatic rings. The average molecular weight is 403 g/mol. The number of aliphatic imine (C=N–C) groups is 1. The van der Waals surface area contributed by atoms with Gasteiger partial charge in [0, 0.05) is 37.6 Å². The van der Waals surface area contributed by atoms with Crippen LogP contribution in [0.3, 0.4) is 0 Å². The fourth-order valence-electron chi connectivity index (χ4n) is 2.58. The molecule has 0 fully saturated rings. The number of guanidine groups is 1. The van der Waals surface area contributed by atoms with E-state index in [1.807, 2.05) is 38.1 Å². The average Bonchev–Trinajstić information content (AvgIpc) is 3.30. The summed E-state index contributed by atoms with van der Waals surface area (Å²) < 4.78 is 7.08. The molecule has 0 spiro atoms. The van der Waals surface area contributed by atoms with Crippen molar-refractivity contribution in [2.24, 2.45) is 12.0 Å². The molecule has 0 atom stereocenters. The molecule has 10 heteroatoms. The first-order valence-corrected chi connectivity index (χ1v) is 9.35. The predicted molar refractivity (Wildman–Crippen MR) is 107 cm³/mol. The van der Waals surface area contributed by atoms with Crippen LogP contribution in [0.5, 0.6) is 0 Å². The topological polar surface area (TPSA) is 97.3 Å². The molecular formula is C18H23ClN8O. The molecule has 0 aliphatic heterocycles. The maximum absolute atomic E-state index is 6.01. The summed E-state index contributed by atoms with van der Waals surface area (Å²) in [5.74, 6) is 2.69. The van der Waals surface area contributed by atoms with Crippen LogP contribution in [0.25, 0.3) is 11.4 Å². The van der Waals surface area contributed by atoms with Gasteiger partial charge in [0.25, 0.3) is 0 Å². The van der Waals surface area contributed by atoms with E-state index < -0.39 is 0 Å². The Balaban J connectivity index is 1.61. The minimum absolute atomic E-state index is 0.517. The Kier molecular flexibility index (Phi) is 6.59. The van der Waals surface area contributed by atoms with Gasteiger partial charge in [-0.2, -0.15) is 10.1 Å². The lowest BCUT2D eigenvalue weighted by molar-refractivity contribution is 0.379. The van der Waals surface area contributed by atoms with E-state index in [-0.39, 0.29) is 0 Å². The lowest BCUT2D eigenvalue weighted by atomic mass is 10.2. The summed E-state index contributed by atoms with van der Waals surface area (Å²) >= 11 is 6.01. The number of aryl methyl sites for hydroxylation is 1. The summed E-state index contributed by atoms with van der Waals surface area (Å²) in [6, 6.07) is 7.36. The largest absolute Gasteiger partial charge is 0.357 e. The zero-order valence-corrected chi connectivity index (χ0v) is 16.9. The molecule has 148 valence electrons. The maximum Gasteiger partial charge on any atom is 0.228 e. The summed E-state index contributed by atoms with van der Waals surface area (Å²) in [6.07, 6.45) is 2.08. The van der Waals surface area contributed by atoms with E-state index >= 15 is 0 Å². The molecule has 0 amide bonds. The van der Waals surface area contributed by atoms with Gasteiger partial charge >= 0.3 is 0 Å². The van der Waals surface area contributed by atoms with Crippen LogP contribution in [0.4, 0.5) is 0 Å². The van der Waals surface area contributed by atoms with Gasteiger partial charge in [0.15, 0.2) is 5.96 Å². The number of aromatic nitrogens is 5. The molecule has 0 unspecified atom stereocenters. The van der Waals surface area contributed by atoms with E-state index in [0.717, 1.165) is 23.9 Å². The van der Waals surface area contributed by atoms with Gasteiger partial charge in [-0.3, -0.25) is 9.67 Å². The van der Waals surface area contributed by atoms with Gasteiger partial charge in [-0.15, -0.1) is 0 Å². The molecule has 2 heterocycles. The number of benzene rings is 1. The second-order valence-corrected chi connectivity index (χ2v) is 6.60. The van der Waals surface area contributed by atoms with Gasteiger partial charge in [-0.1, -0.05) is 28.9 Å². The Morgan fingerprint density at radius 2 is 2.25 bits per heavy atom. The first-order chi connectivity index (χ1) is 13.6. The van der Waals surface area contributed by atoms with Crippen molar-refractivity contribution < 1.29 is 4.52 Å². The highest BCUT2D eigenvalue weighted by molar-refractivity contribution is 6.30. The number of hydrogen-bond acceptors (Lipinski definition) is 6. The molecule has 0 bridgehead atoms. The quantitative estimate of drug-likeness (QED) is 0.477. The van der Waals surface area contributed by atoms with Crippen LogP contribution < -0.4 is 5.32 Å². The standard InChI is InChI=1S/C18H23ClN8O/c1-4-20-18(26(2)11-15-22-12-23-27(15)3)21-9-8-16-24-17(25-28-16)13-6-5-7-14(19)10-13/h5-7,10,12H,4,8-9,11H2,1-3H3,(H,20,21). The zero-order chi connectivity index (χ0) is 19.9. The number of nitrogens with zero attached hydrogens (tertiary/aromatic N) is 7. The van der Waals surface area contributed by atoms with E-state index in [1.54, 1.807) is 23.1 Å². The number of halogens is 1. The second kappa shape index (κ2) is 9.32. The van der Waals surface area contributed by atoms with E-state index in [0.29, 0.717) is 36.2 Å². The summed E-state index contributed by atoms with van der Waals surface area (Å²) in [4.78, 5) is 15.3. The van der Waals surface area contributed by atoms with Gasteiger partial charge in [-0.25, -0.2) is 4.98 Å². The van der Waals surface area contributed by atoms with Crippen molar-refractivity contribution in [2.45, 2.75) is 19.9 Å².